The first kappa shape index (κ1) is 22.3. The number of carbonyl (C=O) groups excluding carboxylic acids is 2. The lowest BCUT2D eigenvalue weighted by Gasteiger charge is -2.32. The normalized spacial score (nSPS) is 22.2. The minimum Gasteiger partial charge on any atom is -0.365 e. The zero-order valence-electron chi connectivity index (χ0n) is 19.2. The number of carbonyl (C=O) groups is 2. The molecule has 10 nitrogen and oxygen atoms in total. The summed E-state index contributed by atoms with van der Waals surface area (Å²) in [5, 5.41) is 4.44. The topological polar surface area (TPSA) is 131 Å². The molecule has 2 heterocycles. The van der Waals surface area contributed by atoms with Crippen molar-refractivity contribution in [3.63, 3.8) is 0 Å². The lowest BCUT2D eigenvalue weighted by molar-refractivity contribution is 0.0849. The second kappa shape index (κ2) is 9.30. The number of urea groups is 1. The molecule has 0 unspecified atom stereocenters. The maximum atomic E-state index is 12.6. The first-order valence-electron chi connectivity index (χ1n) is 11.7. The van der Waals surface area contributed by atoms with E-state index in [2.05, 4.69) is 44.1 Å². The molecule has 3 amide bonds. The summed E-state index contributed by atoms with van der Waals surface area (Å²) in [6, 6.07) is -0.549. The van der Waals surface area contributed by atoms with Crippen molar-refractivity contribution < 1.29 is 9.59 Å². The third kappa shape index (κ3) is 4.78. The van der Waals surface area contributed by atoms with E-state index < -0.39 is 11.9 Å². The molecule has 4 N–H and O–H groups in total. The van der Waals surface area contributed by atoms with Gasteiger partial charge in [-0.2, -0.15) is 0 Å². The second-order valence-electron chi connectivity index (χ2n) is 9.55. The number of anilines is 1. The molecule has 1 atom stereocenters. The Morgan fingerprint density at radius 3 is 2.56 bits per heavy atom. The molecule has 10 heteroatoms. The number of imidazole rings is 1. The number of nitrogens with two attached hydrogens (primary N) is 1. The fourth-order valence-corrected chi connectivity index (χ4v) is 4.64. The quantitative estimate of drug-likeness (QED) is 0.590. The van der Waals surface area contributed by atoms with E-state index in [1.807, 2.05) is 0 Å². The number of nitrogens with one attached hydrogen (secondary N) is 2. The van der Waals surface area contributed by atoms with E-state index in [9.17, 15) is 9.59 Å². The highest BCUT2D eigenvalue weighted by atomic mass is 16.2. The lowest BCUT2D eigenvalue weighted by Crippen LogP contribution is -2.46. The van der Waals surface area contributed by atoms with E-state index in [4.69, 9.17) is 5.73 Å². The number of rotatable bonds is 6. The SMILES string of the molecule is CC1CCC(Cn2cnc3nc(C(=O)NN(C)C(N)=O)nc(N[C@H](C)C4CCC4)c32)CC1. The molecule has 2 fully saturated rings. The number of nitrogens with zero attached hydrogens (tertiary/aromatic N) is 5. The van der Waals surface area contributed by atoms with Crippen LogP contribution in [0.2, 0.25) is 0 Å². The van der Waals surface area contributed by atoms with Gasteiger partial charge in [-0.1, -0.05) is 26.2 Å². The highest BCUT2D eigenvalue weighted by Gasteiger charge is 2.27. The van der Waals surface area contributed by atoms with Crippen LogP contribution in [0, 0.1) is 17.8 Å². The average molecular weight is 443 g/mol. The summed E-state index contributed by atoms with van der Waals surface area (Å²) >= 11 is 0. The Labute approximate surface area is 188 Å². The smallest absolute Gasteiger partial charge is 0.333 e. The average Bonchev–Trinajstić information content (AvgIpc) is 3.11. The monoisotopic (exact) mass is 442 g/mol. The van der Waals surface area contributed by atoms with Crippen molar-refractivity contribution in [2.45, 2.75) is 71.4 Å². The first-order valence-corrected chi connectivity index (χ1v) is 11.7. The van der Waals surface area contributed by atoms with Gasteiger partial charge >= 0.3 is 11.9 Å². The zero-order valence-corrected chi connectivity index (χ0v) is 19.2. The van der Waals surface area contributed by atoms with E-state index in [0.29, 0.717) is 23.3 Å². The molecule has 2 aliphatic carbocycles. The molecule has 0 radical (unpaired) electrons. The molecule has 0 aliphatic heterocycles. The van der Waals surface area contributed by atoms with Gasteiger partial charge in [0.05, 0.1) is 6.33 Å². The number of amides is 3. The van der Waals surface area contributed by atoms with Crippen molar-refractivity contribution in [3.8, 4) is 0 Å². The van der Waals surface area contributed by atoms with E-state index >= 15 is 0 Å². The second-order valence-corrected chi connectivity index (χ2v) is 9.55. The Kier molecular flexibility index (Phi) is 6.48. The van der Waals surface area contributed by atoms with Gasteiger partial charge in [-0.15, -0.1) is 0 Å². The fraction of sp³-hybridized carbons (Fsp3) is 0.682. The van der Waals surface area contributed by atoms with Crippen molar-refractivity contribution in [3.05, 3.63) is 12.2 Å². The van der Waals surface area contributed by atoms with Crippen LogP contribution in [0.1, 0.15) is 69.4 Å². The van der Waals surface area contributed by atoms with Gasteiger partial charge in [-0.3, -0.25) is 10.2 Å². The maximum Gasteiger partial charge on any atom is 0.333 e. The number of fused-ring (bicyclic) bond motifs is 1. The van der Waals surface area contributed by atoms with Crippen LogP contribution < -0.4 is 16.5 Å². The third-order valence-electron chi connectivity index (χ3n) is 7.09. The van der Waals surface area contributed by atoms with Crippen LogP contribution >= 0.6 is 0 Å². The van der Waals surface area contributed by atoms with Gasteiger partial charge in [-0.25, -0.2) is 24.8 Å². The van der Waals surface area contributed by atoms with Crippen LogP contribution in [0.15, 0.2) is 6.33 Å². The van der Waals surface area contributed by atoms with Crippen molar-refractivity contribution in [2.75, 3.05) is 12.4 Å². The number of hydrogen-bond acceptors (Lipinski definition) is 6. The molecule has 2 aliphatic rings. The molecular weight excluding hydrogens is 408 g/mol. The minimum atomic E-state index is -0.775. The molecule has 2 aromatic heterocycles. The molecule has 4 rings (SSSR count). The van der Waals surface area contributed by atoms with Crippen LogP contribution in [-0.2, 0) is 6.54 Å². The van der Waals surface area contributed by atoms with Crippen LogP contribution in [0.5, 0.6) is 0 Å². The highest BCUT2D eigenvalue weighted by Crippen LogP contribution is 2.33. The van der Waals surface area contributed by atoms with E-state index in [0.717, 1.165) is 23.0 Å². The molecule has 0 saturated heterocycles. The molecule has 0 bridgehead atoms. The first-order chi connectivity index (χ1) is 15.3. The molecule has 2 saturated carbocycles. The standard InChI is InChI=1S/C22H34N8O2/c1-13-7-9-15(10-8-13)11-30-12-24-18-17(30)19(25-14(2)16-5-4-6-16)27-20(26-18)21(31)28-29(3)22(23)32/h12-16H,4-11H2,1-3H3,(H2,23,32)(H,28,31)(H,25,26,27)/t13?,14-,15?/m1/s1. The molecule has 174 valence electrons. The maximum absolute atomic E-state index is 12.6. The molecule has 0 aromatic carbocycles. The van der Waals surface area contributed by atoms with Gasteiger partial charge < -0.3 is 15.6 Å². The summed E-state index contributed by atoms with van der Waals surface area (Å²) in [6.45, 7) is 5.35. The molecule has 0 spiro atoms. The Morgan fingerprint density at radius 2 is 1.94 bits per heavy atom. The summed E-state index contributed by atoms with van der Waals surface area (Å²) in [5.74, 6) is 1.95. The van der Waals surface area contributed by atoms with Crippen molar-refractivity contribution in [1.82, 2.24) is 30.0 Å². The summed E-state index contributed by atoms with van der Waals surface area (Å²) in [6.07, 6.45) is 10.4. The number of hydrazine groups is 1. The Hall–Kier alpha value is -2.91. The summed E-state index contributed by atoms with van der Waals surface area (Å²) in [5.41, 5.74) is 8.90. The Bertz CT molecular complexity index is 978. The molecular formula is C22H34N8O2. The van der Waals surface area contributed by atoms with Crippen LogP contribution in [0.3, 0.4) is 0 Å². The summed E-state index contributed by atoms with van der Waals surface area (Å²) < 4.78 is 2.13. The van der Waals surface area contributed by atoms with Crippen LogP contribution in [0.25, 0.3) is 11.2 Å². The predicted molar refractivity (Wildman–Crippen MR) is 122 cm³/mol. The molecule has 2 aromatic rings. The van der Waals surface area contributed by atoms with Gasteiger partial charge in [0, 0.05) is 19.6 Å². The van der Waals surface area contributed by atoms with E-state index in [1.54, 1.807) is 6.33 Å². The van der Waals surface area contributed by atoms with E-state index in [1.165, 1.54) is 52.0 Å². The van der Waals surface area contributed by atoms with Gasteiger partial charge in [0.15, 0.2) is 11.5 Å². The largest absolute Gasteiger partial charge is 0.365 e. The van der Waals surface area contributed by atoms with Gasteiger partial charge in [0.2, 0.25) is 5.82 Å². The Morgan fingerprint density at radius 1 is 1.22 bits per heavy atom. The van der Waals surface area contributed by atoms with Crippen molar-refractivity contribution >= 4 is 28.9 Å². The predicted octanol–water partition coefficient (Wildman–Crippen LogP) is 2.91. The van der Waals surface area contributed by atoms with Gasteiger partial charge in [0.1, 0.15) is 5.52 Å². The molecule has 32 heavy (non-hydrogen) atoms. The zero-order chi connectivity index (χ0) is 22.8. The van der Waals surface area contributed by atoms with Gasteiger partial charge in [0.25, 0.3) is 0 Å². The van der Waals surface area contributed by atoms with Crippen LogP contribution in [-0.4, -0.2) is 49.6 Å². The number of aromatic nitrogens is 4. The summed E-state index contributed by atoms with van der Waals surface area (Å²) in [4.78, 5) is 37.4. The van der Waals surface area contributed by atoms with Gasteiger partial charge in [-0.05, 0) is 50.4 Å². The highest BCUT2D eigenvalue weighted by molar-refractivity contribution is 5.95. The third-order valence-corrected chi connectivity index (χ3v) is 7.09. The van der Waals surface area contributed by atoms with Crippen molar-refractivity contribution in [1.29, 1.82) is 0 Å². The van der Waals surface area contributed by atoms with Crippen LogP contribution in [0.4, 0.5) is 10.6 Å². The number of hydrogen-bond donors (Lipinski definition) is 3. The lowest BCUT2D eigenvalue weighted by atomic mass is 9.80. The summed E-state index contributed by atoms with van der Waals surface area (Å²) in [7, 11) is 1.37. The Balaban J connectivity index is 1.64. The number of primary amides is 1. The fourth-order valence-electron chi connectivity index (χ4n) is 4.64. The van der Waals surface area contributed by atoms with E-state index in [-0.39, 0.29) is 11.9 Å². The van der Waals surface area contributed by atoms with Crippen molar-refractivity contribution in [2.24, 2.45) is 23.5 Å². The minimum absolute atomic E-state index is 0.0503.